The molecule has 0 fully saturated rings. The number of anilines is 2. The minimum absolute atomic E-state index is 0.108. The van der Waals surface area contributed by atoms with Crippen LogP contribution in [0, 0.1) is 0 Å². The molecule has 7 nitrogen and oxygen atoms in total. The maximum atomic E-state index is 13.2. The summed E-state index contributed by atoms with van der Waals surface area (Å²) in [6, 6.07) is 23.5. The number of benzene rings is 4. The molecule has 0 aromatic heterocycles. The molecule has 7 heteroatoms. The van der Waals surface area contributed by atoms with Gasteiger partial charge in [-0.3, -0.25) is 4.79 Å². The van der Waals surface area contributed by atoms with Crippen molar-refractivity contribution in [3.8, 4) is 11.5 Å². The molecule has 0 aliphatic rings. The van der Waals surface area contributed by atoms with Crippen LogP contribution < -0.4 is 15.0 Å². The average molecular weight is 441 g/mol. The van der Waals surface area contributed by atoms with Crippen molar-refractivity contribution in [1.82, 2.24) is 0 Å². The molecule has 4 aromatic rings. The zero-order valence-electron chi connectivity index (χ0n) is 18.6. The fourth-order valence-corrected chi connectivity index (χ4v) is 3.58. The molecule has 0 saturated heterocycles. The fraction of sp³-hybridized carbons (Fsp3) is 0.115. The van der Waals surface area contributed by atoms with Gasteiger partial charge in [-0.2, -0.15) is 0 Å². The molecule has 0 radical (unpaired) electrons. The number of carbonyl (C=O) groups is 1. The molecule has 4 aromatic carbocycles. The van der Waals surface area contributed by atoms with Crippen LogP contribution in [-0.2, 0) is 0 Å². The summed E-state index contributed by atoms with van der Waals surface area (Å²) in [5.74, 6) is 0.0329. The number of phenols is 1. The predicted molar refractivity (Wildman–Crippen MR) is 132 cm³/mol. The molecule has 0 bridgehead atoms. The molecule has 0 unspecified atom stereocenters. The van der Waals surface area contributed by atoms with E-state index in [9.17, 15) is 9.90 Å². The van der Waals surface area contributed by atoms with E-state index in [0.717, 1.165) is 5.69 Å². The molecule has 166 valence electrons. The molecule has 1 amide bonds. The number of hydrogen-bond donors (Lipinski definition) is 2. The molecule has 0 saturated carbocycles. The van der Waals surface area contributed by atoms with Crippen molar-refractivity contribution < 1.29 is 14.6 Å². The number of phenolic OH excluding ortho intramolecular Hbond substituents is 1. The summed E-state index contributed by atoms with van der Waals surface area (Å²) in [7, 11) is 5.36. The molecule has 2 N–H and O–H groups in total. The number of ether oxygens (including phenoxy) is 1. The summed E-state index contributed by atoms with van der Waals surface area (Å²) < 4.78 is 5.34. The fourth-order valence-electron chi connectivity index (χ4n) is 3.58. The van der Waals surface area contributed by atoms with Crippen LogP contribution in [0.1, 0.15) is 10.4 Å². The van der Waals surface area contributed by atoms with Crippen molar-refractivity contribution in [2.75, 3.05) is 31.4 Å². The number of para-hydroxylation sites is 3. The van der Waals surface area contributed by atoms with Crippen LogP contribution in [0.15, 0.2) is 89.1 Å². The molecule has 4 rings (SSSR count). The van der Waals surface area contributed by atoms with Gasteiger partial charge in [-0.25, -0.2) is 0 Å². The number of azo groups is 1. The molecular weight excluding hydrogens is 416 g/mol. The number of carbonyl (C=O) groups excluding carboxylic acids is 1. The van der Waals surface area contributed by atoms with Gasteiger partial charge >= 0.3 is 0 Å². The zero-order valence-corrected chi connectivity index (χ0v) is 18.6. The summed E-state index contributed by atoms with van der Waals surface area (Å²) in [6.45, 7) is 0. The summed E-state index contributed by atoms with van der Waals surface area (Å²) in [5.41, 5.74) is 2.61. The standard InChI is InChI=1S/C26H24N4O3/c1-30(2)23-14-8-6-12-20(23)27-26(32)19-16-22(17-10-4-5-11-18(17)25(19)31)29-28-21-13-7-9-15-24(21)33-3/h4-16,31H,1-3H3,(H,27,32). The van der Waals surface area contributed by atoms with Gasteiger partial charge in [-0.1, -0.05) is 48.5 Å². The van der Waals surface area contributed by atoms with E-state index in [4.69, 9.17) is 4.74 Å². The summed E-state index contributed by atoms with van der Waals surface area (Å²) >= 11 is 0. The minimum Gasteiger partial charge on any atom is -0.506 e. The van der Waals surface area contributed by atoms with E-state index in [2.05, 4.69) is 15.5 Å². The van der Waals surface area contributed by atoms with Gasteiger partial charge < -0.3 is 20.1 Å². The van der Waals surface area contributed by atoms with Crippen molar-refractivity contribution in [2.45, 2.75) is 0 Å². The first-order valence-electron chi connectivity index (χ1n) is 10.4. The largest absolute Gasteiger partial charge is 0.506 e. The quantitative estimate of drug-likeness (QED) is 0.345. The number of nitrogens with one attached hydrogen (secondary N) is 1. The Kier molecular flexibility index (Phi) is 6.22. The third-order valence-electron chi connectivity index (χ3n) is 5.22. The lowest BCUT2D eigenvalue weighted by Gasteiger charge is -2.18. The van der Waals surface area contributed by atoms with E-state index >= 15 is 0 Å². The highest BCUT2D eigenvalue weighted by molar-refractivity contribution is 6.13. The van der Waals surface area contributed by atoms with Crippen LogP contribution in [0.3, 0.4) is 0 Å². The SMILES string of the molecule is COc1ccccc1N=Nc1cc(C(=O)Nc2ccccc2N(C)C)c(O)c2ccccc12. The maximum absolute atomic E-state index is 13.2. The topological polar surface area (TPSA) is 86.5 Å². The van der Waals surface area contributed by atoms with Crippen molar-refractivity contribution in [3.63, 3.8) is 0 Å². The van der Waals surface area contributed by atoms with Crippen molar-refractivity contribution in [2.24, 2.45) is 10.2 Å². The lowest BCUT2D eigenvalue weighted by Crippen LogP contribution is -2.16. The van der Waals surface area contributed by atoms with Crippen LogP contribution >= 0.6 is 0 Å². The van der Waals surface area contributed by atoms with Gasteiger partial charge in [-0.15, -0.1) is 10.2 Å². The van der Waals surface area contributed by atoms with Crippen molar-refractivity contribution >= 4 is 39.4 Å². The number of aromatic hydroxyl groups is 1. The van der Waals surface area contributed by atoms with Gasteiger partial charge in [0.1, 0.15) is 17.2 Å². The Labute approximate surface area is 192 Å². The van der Waals surface area contributed by atoms with Crippen LogP contribution in [0.25, 0.3) is 10.8 Å². The third kappa shape index (κ3) is 4.48. The number of fused-ring (bicyclic) bond motifs is 1. The van der Waals surface area contributed by atoms with Gasteiger partial charge in [0.15, 0.2) is 0 Å². The predicted octanol–water partition coefficient (Wildman–Crippen LogP) is 6.29. The summed E-state index contributed by atoms with van der Waals surface area (Å²) in [6.07, 6.45) is 0. The first-order chi connectivity index (χ1) is 16.0. The summed E-state index contributed by atoms with van der Waals surface area (Å²) in [4.78, 5) is 15.1. The van der Waals surface area contributed by atoms with Crippen molar-refractivity contribution in [3.05, 3.63) is 84.4 Å². The molecular formula is C26H24N4O3. The molecule has 0 heterocycles. The zero-order chi connectivity index (χ0) is 23.4. The Morgan fingerprint density at radius 2 is 1.52 bits per heavy atom. The van der Waals surface area contributed by atoms with E-state index in [1.807, 2.05) is 67.5 Å². The van der Waals surface area contributed by atoms with Gasteiger partial charge in [0, 0.05) is 24.9 Å². The van der Waals surface area contributed by atoms with Crippen LogP contribution in [0.2, 0.25) is 0 Å². The Balaban J connectivity index is 1.78. The number of amides is 1. The van der Waals surface area contributed by atoms with Crippen LogP contribution in [0.4, 0.5) is 22.7 Å². The molecule has 0 aliphatic carbocycles. The second-order valence-corrected chi connectivity index (χ2v) is 7.57. The second-order valence-electron chi connectivity index (χ2n) is 7.57. The lowest BCUT2D eigenvalue weighted by molar-refractivity contribution is 0.102. The lowest BCUT2D eigenvalue weighted by atomic mass is 10.0. The van der Waals surface area contributed by atoms with Gasteiger partial charge in [0.25, 0.3) is 5.91 Å². The minimum atomic E-state index is -0.443. The van der Waals surface area contributed by atoms with Gasteiger partial charge in [0.05, 0.1) is 29.7 Å². The highest BCUT2D eigenvalue weighted by Crippen LogP contribution is 2.38. The molecule has 0 atom stereocenters. The van der Waals surface area contributed by atoms with Gasteiger partial charge in [-0.05, 0) is 30.3 Å². The monoisotopic (exact) mass is 440 g/mol. The van der Waals surface area contributed by atoms with Crippen LogP contribution in [-0.4, -0.2) is 32.2 Å². The van der Waals surface area contributed by atoms with E-state index in [1.165, 1.54) is 0 Å². The Morgan fingerprint density at radius 1 is 0.879 bits per heavy atom. The molecule has 0 aliphatic heterocycles. The highest BCUT2D eigenvalue weighted by atomic mass is 16.5. The molecule has 0 spiro atoms. The van der Waals surface area contributed by atoms with E-state index in [1.54, 1.807) is 37.4 Å². The van der Waals surface area contributed by atoms with Gasteiger partial charge in [0.2, 0.25) is 0 Å². The highest BCUT2D eigenvalue weighted by Gasteiger charge is 2.18. The number of nitrogens with zero attached hydrogens (tertiary/aromatic N) is 3. The molecule has 33 heavy (non-hydrogen) atoms. The maximum Gasteiger partial charge on any atom is 0.259 e. The normalized spacial score (nSPS) is 11.0. The second kappa shape index (κ2) is 9.40. The third-order valence-corrected chi connectivity index (χ3v) is 5.22. The van der Waals surface area contributed by atoms with E-state index in [0.29, 0.717) is 33.6 Å². The van der Waals surface area contributed by atoms with E-state index in [-0.39, 0.29) is 11.3 Å². The smallest absolute Gasteiger partial charge is 0.259 e. The summed E-state index contributed by atoms with van der Waals surface area (Å²) in [5, 5.41) is 23.7. The Hall–Kier alpha value is -4.39. The van der Waals surface area contributed by atoms with E-state index < -0.39 is 5.91 Å². The number of hydrogen-bond acceptors (Lipinski definition) is 6. The number of rotatable bonds is 6. The number of methoxy groups -OCH3 is 1. The average Bonchev–Trinajstić information content (AvgIpc) is 2.84. The van der Waals surface area contributed by atoms with Crippen LogP contribution in [0.5, 0.6) is 11.5 Å². The Bertz CT molecular complexity index is 1350. The Morgan fingerprint density at radius 3 is 2.27 bits per heavy atom. The first-order valence-corrected chi connectivity index (χ1v) is 10.4. The van der Waals surface area contributed by atoms with Crippen molar-refractivity contribution in [1.29, 1.82) is 0 Å². The first kappa shape index (κ1) is 21.8.